The molecule has 5 heteroatoms. The number of aliphatic hydroxyl groups excluding tert-OH is 1. The molecular weight excluding hydrogens is 206 g/mol. The van der Waals surface area contributed by atoms with E-state index in [9.17, 15) is 9.90 Å². The summed E-state index contributed by atoms with van der Waals surface area (Å²) in [5.74, 6) is 0.0748. The molecule has 0 aliphatic heterocycles. The lowest BCUT2D eigenvalue weighted by Gasteiger charge is -2.13. The molecule has 0 saturated carbocycles. The summed E-state index contributed by atoms with van der Waals surface area (Å²) in [4.78, 5) is 11.6. The monoisotopic (exact) mass is 225 g/mol. The van der Waals surface area contributed by atoms with Gasteiger partial charge in [0.2, 0.25) is 0 Å². The average molecular weight is 225 g/mol. The van der Waals surface area contributed by atoms with E-state index in [1.165, 1.54) is 0 Å². The molecule has 1 heterocycles. The van der Waals surface area contributed by atoms with Crippen LogP contribution in [0, 0.1) is 12.8 Å². The number of nitrogens with zero attached hydrogens (tertiary/aromatic N) is 1. The number of hydrogen-bond acceptors (Lipinski definition) is 3. The van der Waals surface area contributed by atoms with Crippen LogP contribution in [0.4, 0.5) is 0 Å². The Hall–Kier alpha value is -1.36. The van der Waals surface area contributed by atoms with Crippen molar-refractivity contribution >= 4 is 5.91 Å². The van der Waals surface area contributed by atoms with E-state index in [4.69, 9.17) is 0 Å². The van der Waals surface area contributed by atoms with E-state index in [1.54, 1.807) is 13.0 Å². The Balaban J connectivity index is 2.35. The first kappa shape index (κ1) is 12.7. The number of nitrogens with one attached hydrogen (secondary N) is 2. The number of aromatic nitrogens is 2. The molecule has 0 radical (unpaired) electrons. The fourth-order valence-electron chi connectivity index (χ4n) is 1.56. The number of rotatable bonds is 5. The zero-order valence-electron chi connectivity index (χ0n) is 9.95. The van der Waals surface area contributed by atoms with Gasteiger partial charge in [-0.25, -0.2) is 0 Å². The molecule has 16 heavy (non-hydrogen) atoms. The smallest absolute Gasteiger partial charge is 0.271 e. The van der Waals surface area contributed by atoms with E-state index in [2.05, 4.69) is 15.5 Å². The molecule has 2 atom stereocenters. The predicted octanol–water partition coefficient (Wildman–Crippen LogP) is 0.855. The van der Waals surface area contributed by atoms with Gasteiger partial charge in [-0.3, -0.25) is 9.89 Å². The molecule has 0 aromatic carbocycles. The van der Waals surface area contributed by atoms with Crippen molar-refractivity contribution in [2.75, 3.05) is 6.54 Å². The summed E-state index contributed by atoms with van der Waals surface area (Å²) in [5.41, 5.74) is 1.27. The normalized spacial score (nSPS) is 14.5. The van der Waals surface area contributed by atoms with Crippen molar-refractivity contribution in [2.24, 2.45) is 5.92 Å². The van der Waals surface area contributed by atoms with Gasteiger partial charge in [0.05, 0.1) is 6.10 Å². The lowest BCUT2D eigenvalue weighted by molar-refractivity contribution is 0.0934. The minimum absolute atomic E-state index is 0.179. The summed E-state index contributed by atoms with van der Waals surface area (Å²) in [6.07, 6.45) is 0.347. The second kappa shape index (κ2) is 5.65. The van der Waals surface area contributed by atoms with Gasteiger partial charge in [0, 0.05) is 12.2 Å². The Morgan fingerprint density at radius 2 is 2.31 bits per heavy atom. The van der Waals surface area contributed by atoms with E-state index >= 15 is 0 Å². The molecule has 1 rings (SSSR count). The number of aryl methyl sites for hydroxylation is 1. The second-order valence-corrected chi connectivity index (χ2v) is 4.34. The van der Waals surface area contributed by atoms with Crippen LogP contribution in [-0.2, 0) is 0 Å². The Labute approximate surface area is 95.3 Å². The zero-order valence-corrected chi connectivity index (χ0v) is 9.95. The highest BCUT2D eigenvalue weighted by Gasteiger charge is 2.11. The van der Waals surface area contributed by atoms with Crippen molar-refractivity contribution in [3.63, 3.8) is 0 Å². The summed E-state index contributed by atoms with van der Waals surface area (Å²) in [5, 5.41) is 18.5. The third-order valence-electron chi connectivity index (χ3n) is 2.29. The fourth-order valence-corrected chi connectivity index (χ4v) is 1.56. The van der Waals surface area contributed by atoms with Crippen LogP contribution in [0.25, 0.3) is 0 Å². The topological polar surface area (TPSA) is 78.0 Å². The Bertz CT molecular complexity index is 347. The van der Waals surface area contributed by atoms with Crippen LogP contribution < -0.4 is 5.32 Å². The SMILES string of the molecule is Cc1cc(C(=O)NCC(C)CC(C)O)n[nH]1. The molecule has 0 spiro atoms. The van der Waals surface area contributed by atoms with Crippen LogP contribution in [0.1, 0.15) is 36.5 Å². The van der Waals surface area contributed by atoms with Crippen molar-refractivity contribution in [2.45, 2.75) is 33.3 Å². The molecule has 0 fully saturated rings. The highest BCUT2D eigenvalue weighted by molar-refractivity contribution is 5.92. The van der Waals surface area contributed by atoms with Crippen LogP contribution in [-0.4, -0.2) is 33.9 Å². The van der Waals surface area contributed by atoms with Crippen molar-refractivity contribution in [3.8, 4) is 0 Å². The van der Waals surface area contributed by atoms with Gasteiger partial charge in [0.25, 0.3) is 5.91 Å². The van der Waals surface area contributed by atoms with E-state index < -0.39 is 0 Å². The molecule has 3 N–H and O–H groups in total. The third kappa shape index (κ3) is 4.02. The summed E-state index contributed by atoms with van der Waals surface area (Å²) in [6.45, 7) is 6.13. The molecule has 0 aliphatic carbocycles. The molecule has 1 amide bonds. The third-order valence-corrected chi connectivity index (χ3v) is 2.29. The van der Waals surface area contributed by atoms with Crippen molar-refractivity contribution in [1.29, 1.82) is 0 Å². The van der Waals surface area contributed by atoms with Crippen molar-refractivity contribution in [3.05, 3.63) is 17.5 Å². The van der Waals surface area contributed by atoms with E-state index in [0.29, 0.717) is 18.7 Å². The highest BCUT2D eigenvalue weighted by Crippen LogP contribution is 2.04. The molecule has 0 bridgehead atoms. The molecule has 90 valence electrons. The highest BCUT2D eigenvalue weighted by atomic mass is 16.3. The van der Waals surface area contributed by atoms with Gasteiger partial charge >= 0.3 is 0 Å². The number of hydrogen-bond donors (Lipinski definition) is 3. The lowest BCUT2D eigenvalue weighted by atomic mass is 10.0. The van der Waals surface area contributed by atoms with Crippen LogP contribution in [0.3, 0.4) is 0 Å². The molecule has 1 aromatic heterocycles. The standard InChI is InChI=1S/C11H19N3O2/c1-7(4-9(3)15)6-12-11(16)10-5-8(2)13-14-10/h5,7,9,15H,4,6H2,1-3H3,(H,12,16)(H,13,14). The first-order valence-corrected chi connectivity index (χ1v) is 5.47. The molecule has 2 unspecified atom stereocenters. The molecule has 1 aromatic rings. The molecule has 5 nitrogen and oxygen atoms in total. The number of H-pyrrole nitrogens is 1. The van der Waals surface area contributed by atoms with Gasteiger partial charge in [-0.1, -0.05) is 6.92 Å². The Kier molecular flexibility index (Phi) is 4.49. The van der Waals surface area contributed by atoms with Crippen molar-refractivity contribution < 1.29 is 9.90 Å². The second-order valence-electron chi connectivity index (χ2n) is 4.34. The number of amides is 1. The number of aliphatic hydroxyl groups is 1. The summed E-state index contributed by atoms with van der Waals surface area (Å²) in [7, 11) is 0. The van der Waals surface area contributed by atoms with Gasteiger partial charge < -0.3 is 10.4 Å². The Morgan fingerprint density at radius 1 is 1.62 bits per heavy atom. The maximum Gasteiger partial charge on any atom is 0.271 e. The predicted molar refractivity (Wildman–Crippen MR) is 61.1 cm³/mol. The van der Waals surface area contributed by atoms with E-state index in [0.717, 1.165) is 5.69 Å². The van der Waals surface area contributed by atoms with Crippen LogP contribution in [0.15, 0.2) is 6.07 Å². The van der Waals surface area contributed by atoms with Gasteiger partial charge in [0.1, 0.15) is 5.69 Å². The minimum Gasteiger partial charge on any atom is -0.393 e. The maximum atomic E-state index is 11.6. The van der Waals surface area contributed by atoms with E-state index in [1.807, 2.05) is 13.8 Å². The minimum atomic E-state index is -0.334. The first-order chi connectivity index (χ1) is 7.49. The quantitative estimate of drug-likeness (QED) is 0.695. The van der Waals surface area contributed by atoms with Crippen LogP contribution in [0.2, 0.25) is 0 Å². The van der Waals surface area contributed by atoms with Gasteiger partial charge in [0.15, 0.2) is 0 Å². The average Bonchev–Trinajstić information content (AvgIpc) is 2.60. The number of carbonyl (C=O) groups is 1. The Morgan fingerprint density at radius 3 is 2.81 bits per heavy atom. The van der Waals surface area contributed by atoms with Crippen molar-refractivity contribution in [1.82, 2.24) is 15.5 Å². The number of carbonyl (C=O) groups excluding carboxylic acids is 1. The summed E-state index contributed by atoms with van der Waals surface area (Å²) < 4.78 is 0. The largest absolute Gasteiger partial charge is 0.393 e. The fraction of sp³-hybridized carbons (Fsp3) is 0.636. The molecule has 0 saturated heterocycles. The van der Waals surface area contributed by atoms with Gasteiger partial charge in [-0.05, 0) is 32.3 Å². The van der Waals surface area contributed by atoms with E-state index in [-0.39, 0.29) is 17.9 Å². The summed E-state index contributed by atoms with van der Waals surface area (Å²) >= 11 is 0. The number of aromatic amines is 1. The first-order valence-electron chi connectivity index (χ1n) is 5.47. The van der Waals surface area contributed by atoms with Crippen LogP contribution >= 0.6 is 0 Å². The molecule has 0 aliphatic rings. The van der Waals surface area contributed by atoms with Crippen LogP contribution in [0.5, 0.6) is 0 Å². The zero-order chi connectivity index (χ0) is 12.1. The summed E-state index contributed by atoms with van der Waals surface area (Å²) in [6, 6.07) is 1.70. The maximum absolute atomic E-state index is 11.6. The lowest BCUT2D eigenvalue weighted by Crippen LogP contribution is -2.29. The van der Waals surface area contributed by atoms with Gasteiger partial charge in [-0.2, -0.15) is 5.10 Å². The van der Waals surface area contributed by atoms with Gasteiger partial charge in [-0.15, -0.1) is 0 Å². The molecular formula is C11H19N3O2.